The first kappa shape index (κ1) is 25.0. The lowest BCUT2D eigenvalue weighted by molar-refractivity contribution is 0.0746. The van der Waals surface area contributed by atoms with E-state index in [0.717, 1.165) is 81.7 Å². The van der Waals surface area contributed by atoms with Crippen molar-refractivity contribution in [1.82, 2.24) is 9.80 Å². The van der Waals surface area contributed by atoms with Crippen LogP contribution in [-0.4, -0.2) is 82.3 Å². The van der Waals surface area contributed by atoms with Crippen molar-refractivity contribution in [3.8, 4) is 11.5 Å². The molecule has 1 amide bonds. The molecule has 2 aliphatic rings. The van der Waals surface area contributed by atoms with Crippen molar-refractivity contribution < 1.29 is 14.3 Å². The lowest BCUT2D eigenvalue weighted by atomic mass is 10.1. The van der Waals surface area contributed by atoms with Gasteiger partial charge in [-0.1, -0.05) is 24.3 Å². The maximum absolute atomic E-state index is 13.1. The summed E-state index contributed by atoms with van der Waals surface area (Å²) in [5, 5.41) is 0. The maximum atomic E-state index is 13.1. The van der Waals surface area contributed by atoms with Gasteiger partial charge in [0.25, 0.3) is 5.91 Å². The SMILES string of the molecule is COc1ccc(N2CCN(C(=O)c3ccc(CN4CCN(c5ccccc5OC)CC4)cc3)CC2)cc1. The summed E-state index contributed by atoms with van der Waals surface area (Å²) in [7, 11) is 3.41. The molecule has 194 valence electrons. The minimum atomic E-state index is 0.117. The molecule has 2 fully saturated rings. The molecular weight excluding hydrogens is 464 g/mol. The average Bonchev–Trinajstić information content (AvgIpc) is 2.98. The van der Waals surface area contributed by atoms with Crippen molar-refractivity contribution >= 4 is 17.3 Å². The highest BCUT2D eigenvalue weighted by Gasteiger charge is 2.23. The molecule has 2 aliphatic heterocycles. The highest BCUT2D eigenvalue weighted by molar-refractivity contribution is 5.94. The van der Waals surface area contributed by atoms with Crippen LogP contribution in [0.2, 0.25) is 0 Å². The lowest BCUT2D eigenvalue weighted by Gasteiger charge is -2.37. The summed E-state index contributed by atoms with van der Waals surface area (Å²) in [6, 6.07) is 24.5. The van der Waals surface area contributed by atoms with Gasteiger partial charge in [0, 0.05) is 70.2 Å². The maximum Gasteiger partial charge on any atom is 0.253 e. The second-order valence-electron chi connectivity index (χ2n) is 9.61. The second-order valence-corrected chi connectivity index (χ2v) is 9.61. The third-order valence-corrected chi connectivity index (χ3v) is 7.41. The number of piperazine rings is 2. The molecule has 5 rings (SSSR count). The van der Waals surface area contributed by atoms with E-state index in [0.29, 0.717) is 0 Å². The number of benzene rings is 3. The van der Waals surface area contributed by atoms with Crippen molar-refractivity contribution in [3.63, 3.8) is 0 Å². The molecule has 0 unspecified atom stereocenters. The zero-order valence-electron chi connectivity index (χ0n) is 21.8. The van der Waals surface area contributed by atoms with E-state index in [1.807, 2.05) is 41.3 Å². The Kier molecular flexibility index (Phi) is 7.80. The van der Waals surface area contributed by atoms with E-state index in [4.69, 9.17) is 9.47 Å². The minimum Gasteiger partial charge on any atom is -0.497 e. The molecule has 0 saturated carbocycles. The van der Waals surface area contributed by atoms with Gasteiger partial charge in [-0.25, -0.2) is 0 Å². The van der Waals surface area contributed by atoms with Crippen LogP contribution in [0.1, 0.15) is 15.9 Å². The van der Waals surface area contributed by atoms with Crippen molar-refractivity contribution in [2.75, 3.05) is 76.4 Å². The van der Waals surface area contributed by atoms with E-state index in [1.54, 1.807) is 14.2 Å². The molecule has 7 nitrogen and oxygen atoms in total. The Bertz CT molecular complexity index is 1170. The van der Waals surface area contributed by atoms with Gasteiger partial charge in [-0.15, -0.1) is 0 Å². The van der Waals surface area contributed by atoms with Gasteiger partial charge in [-0.3, -0.25) is 9.69 Å². The second kappa shape index (κ2) is 11.6. The van der Waals surface area contributed by atoms with Crippen LogP contribution in [-0.2, 0) is 6.54 Å². The molecule has 2 saturated heterocycles. The molecule has 0 bridgehead atoms. The van der Waals surface area contributed by atoms with Gasteiger partial charge in [-0.05, 0) is 54.1 Å². The monoisotopic (exact) mass is 500 g/mol. The number of carbonyl (C=O) groups is 1. The summed E-state index contributed by atoms with van der Waals surface area (Å²) in [5.74, 6) is 1.90. The number of hydrogen-bond acceptors (Lipinski definition) is 6. The standard InChI is InChI=1S/C30H36N4O3/c1-36-27-13-11-26(12-14-27)32-19-21-34(22-20-32)30(35)25-9-7-24(8-10-25)23-31-15-17-33(18-16-31)28-5-3-4-6-29(28)37-2/h3-14H,15-23H2,1-2H3. The number of amides is 1. The van der Waals surface area contributed by atoms with E-state index >= 15 is 0 Å². The Balaban J connectivity index is 1.10. The molecule has 0 aliphatic carbocycles. The fourth-order valence-corrected chi connectivity index (χ4v) is 5.19. The quantitative estimate of drug-likeness (QED) is 0.489. The van der Waals surface area contributed by atoms with Crippen molar-refractivity contribution in [2.45, 2.75) is 6.54 Å². The molecule has 2 heterocycles. The van der Waals surface area contributed by atoms with E-state index in [9.17, 15) is 4.79 Å². The lowest BCUT2D eigenvalue weighted by Crippen LogP contribution is -2.48. The van der Waals surface area contributed by atoms with Gasteiger partial charge in [0.2, 0.25) is 0 Å². The molecule has 0 aromatic heterocycles. The fourth-order valence-electron chi connectivity index (χ4n) is 5.19. The molecular formula is C30H36N4O3. The van der Waals surface area contributed by atoms with Gasteiger partial charge in [0.15, 0.2) is 0 Å². The number of rotatable bonds is 7. The minimum absolute atomic E-state index is 0.117. The van der Waals surface area contributed by atoms with Crippen LogP contribution >= 0.6 is 0 Å². The third-order valence-electron chi connectivity index (χ3n) is 7.41. The highest BCUT2D eigenvalue weighted by Crippen LogP contribution is 2.28. The smallest absolute Gasteiger partial charge is 0.253 e. The van der Waals surface area contributed by atoms with Gasteiger partial charge in [-0.2, -0.15) is 0 Å². The molecule has 0 atom stereocenters. The number of carbonyl (C=O) groups excluding carboxylic acids is 1. The van der Waals surface area contributed by atoms with Crippen molar-refractivity contribution in [1.29, 1.82) is 0 Å². The zero-order chi connectivity index (χ0) is 25.6. The van der Waals surface area contributed by atoms with Gasteiger partial charge < -0.3 is 24.2 Å². The summed E-state index contributed by atoms with van der Waals surface area (Å²) in [6.45, 7) is 7.95. The van der Waals surface area contributed by atoms with E-state index in [-0.39, 0.29) is 5.91 Å². The fraction of sp³-hybridized carbons (Fsp3) is 0.367. The number of para-hydroxylation sites is 2. The Morgan fingerprint density at radius 1 is 0.703 bits per heavy atom. The topological polar surface area (TPSA) is 48.5 Å². The van der Waals surface area contributed by atoms with Crippen LogP contribution in [0.15, 0.2) is 72.8 Å². The van der Waals surface area contributed by atoms with Crippen LogP contribution < -0.4 is 19.3 Å². The Morgan fingerprint density at radius 3 is 2.00 bits per heavy atom. The normalized spacial score (nSPS) is 16.5. The number of hydrogen-bond donors (Lipinski definition) is 0. The molecule has 37 heavy (non-hydrogen) atoms. The number of ether oxygens (including phenoxy) is 2. The van der Waals surface area contributed by atoms with E-state index < -0.39 is 0 Å². The molecule has 0 radical (unpaired) electrons. The molecule has 7 heteroatoms. The number of anilines is 2. The first-order valence-electron chi connectivity index (χ1n) is 13.0. The molecule has 3 aromatic carbocycles. The van der Waals surface area contributed by atoms with Crippen LogP contribution in [0.3, 0.4) is 0 Å². The highest BCUT2D eigenvalue weighted by atomic mass is 16.5. The summed E-state index contributed by atoms with van der Waals surface area (Å²) in [6.07, 6.45) is 0. The number of methoxy groups -OCH3 is 2. The Labute approximate surface area is 219 Å². The van der Waals surface area contributed by atoms with Crippen molar-refractivity contribution in [3.05, 3.63) is 83.9 Å². The van der Waals surface area contributed by atoms with Crippen molar-refractivity contribution in [2.24, 2.45) is 0 Å². The zero-order valence-corrected chi connectivity index (χ0v) is 21.8. The van der Waals surface area contributed by atoms with Gasteiger partial charge in [0.1, 0.15) is 11.5 Å². The van der Waals surface area contributed by atoms with Crippen LogP contribution in [0.5, 0.6) is 11.5 Å². The first-order valence-corrected chi connectivity index (χ1v) is 13.0. The van der Waals surface area contributed by atoms with Gasteiger partial charge >= 0.3 is 0 Å². The third kappa shape index (κ3) is 5.83. The van der Waals surface area contributed by atoms with Crippen LogP contribution in [0.4, 0.5) is 11.4 Å². The molecule has 0 N–H and O–H groups in total. The summed E-state index contributed by atoms with van der Waals surface area (Å²) < 4.78 is 10.8. The number of nitrogens with zero attached hydrogens (tertiary/aromatic N) is 4. The largest absolute Gasteiger partial charge is 0.497 e. The average molecular weight is 501 g/mol. The van der Waals surface area contributed by atoms with Crippen LogP contribution in [0.25, 0.3) is 0 Å². The van der Waals surface area contributed by atoms with Crippen LogP contribution in [0, 0.1) is 0 Å². The Hall–Kier alpha value is -3.71. The summed E-state index contributed by atoms with van der Waals surface area (Å²) >= 11 is 0. The first-order chi connectivity index (χ1) is 18.1. The molecule has 0 spiro atoms. The van der Waals surface area contributed by atoms with Gasteiger partial charge in [0.05, 0.1) is 19.9 Å². The predicted octanol–water partition coefficient (Wildman–Crippen LogP) is 3.99. The Morgan fingerprint density at radius 2 is 1.35 bits per heavy atom. The summed E-state index contributed by atoms with van der Waals surface area (Å²) in [4.78, 5) is 22.3. The molecule has 3 aromatic rings. The van der Waals surface area contributed by atoms with E-state index in [1.165, 1.54) is 11.3 Å². The van der Waals surface area contributed by atoms with E-state index in [2.05, 4.69) is 51.1 Å². The summed E-state index contributed by atoms with van der Waals surface area (Å²) in [5.41, 5.74) is 4.34. The predicted molar refractivity (Wildman–Crippen MR) is 148 cm³/mol.